The zero-order valence-corrected chi connectivity index (χ0v) is 13.3. The van der Waals surface area contributed by atoms with Crippen LogP contribution < -0.4 is 0 Å². The van der Waals surface area contributed by atoms with Gasteiger partial charge in [-0.1, -0.05) is 19.9 Å². The molecule has 2 fully saturated rings. The van der Waals surface area contributed by atoms with Crippen LogP contribution >= 0.6 is 0 Å². The van der Waals surface area contributed by atoms with E-state index in [0.29, 0.717) is 24.0 Å². The van der Waals surface area contributed by atoms with Crippen LogP contribution in [0.3, 0.4) is 0 Å². The minimum absolute atomic E-state index is 0.0554. The summed E-state index contributed by atoms with van der Waals surface area (Å²) in [6.45, 7) is 3.86. The number of rotatable bonds is 0. The van der Waals surface area contributed by atoms with Crippen molar-refractivity contribution in [3.8, 4) is 5.75 Å². The van der Waals surface area contributed by atoms with E-state index in [9.17, 15) is 13.9 Å². The zero-order valence-electron chi connectivity index (χ0n) is 13.3. The fraction of sp³-hybridized carbons (Fsp3) is 0.684. The van der Waals surface area contributed by atoms with Gasteiger partial charge in [-0.3, -0.25) is 0 Å². The maximum absolute atomic E-state index is 14.6. The molecule has 0 spiro atoms. The van der Waals surface area contributed by atoms with Gasteiger partial charge in [-0.2, -0.15) is 0 Å². The molecule has 2 saturated carbocycles. The Labute approximate surface area is 130 Å². The molecule has 0 aromatic heterocycles. The van der Waals surface area contributed by atoms with Crippen LogP contribution in [0, 0.1) is 23.2 Å². The largest absolute Gasteiger partial charge is 0.508 e. The summed E-state index contributed by atoms with van der Waals surface area (Å²) in [5, 5.41) is 9.69. The van der Waals surface area contributed by atoms with Crippen molar-refractivity contribution in [1.82, 2.24) is 0 Å². The van der Waals surface area contributed by atoms with Crippen molar-refractivity contribution >= 4 is 0 Å². The molecule has 4 rings (SSSR count). The molecular weight excluding hydrogens is 282 g/mol. The van der Waals surface area contributed by atoms with E-state index in [4.69, 9.17) is 0 Å². The molecule has 3 unspecified atom stereocenters. The molecular formula is C19H24F2O. The Morgan fingerprint density at radius 1 is 1.23 bits per heavy atom. The third kappa shape index (κ3) is 1.74. The second kappa shape index (κ2) is 4.46. The lowest BCUT2D eigenvalue weighted by Gasteiger charge is -2.51. The van der Waals surface area contributed by atoms with E-state index in [1.807, 2.05) is 26.0 Å². The Bertz CT molecular complexity index is 611. The lowest BCUT2D eigenvalue weighted by atomic mass is 9.54. The van der Waals surface area contributed by atoms with E-state index in [0.717, 1.165) is 19.3 Å². The number of phenols is 1. The molecule has 0 saturated heterocycles. The number of hydrogen-bond donors (Lipinski definition) is 1. The first kappa shape index (κ1) is 14.5. The maximum atomic E-state index is 14.6. The number of halogens is 2. The summed E-state index contributed by atoms with van der Waals surface area (Å²) in [6.07, 6.45) is 3.44. The van der Waals surface area contributed by atoms with E-state index in [1.54, 1.807) is 6.07 Å². The maximum Gasteiger partial charge on any atom is 0.253 e. The Morgan fingerprint density at radius 2 is 2.00 bits per heavy atom. The summed E-state index contributed by atoms with van der Waals surface area (Å²) in [7, 11) is 0. The van der Waals surface area contributed by atoms with Crippen LogP contribution in [0.4, 0.5) is 8.78 Å². The molecule has 1 aromatic rings. The average Bonchev–Trinajstić information content (AvgIpc) is 2.63. The highest BCUT2D eigenvalue weighted by Gasteiger charge is 2.66. The second-order valence-electron chi connectivity index (χ2n) is 8.06. The molecule has 0 aliphatic heterocycles. The number of aromatic hydroxyl groups is 1. The molecule has 0 amide bonds. The topological polar surface area (TPSA) is 20.2 Å². The van der Waals surface area contributed by atoms with Crippen LogP contribution in [0.25, 0.3) is 0 Å². The first-order valence-electron chi connectivity index (χ1n) is 8.53. The zero-order chi connectivity index (χ0) is 15.7. The second-order valence-corrected chi connectivity index (χ2v) is 8.06. The van der Waals surface area contributed by atoms with Crippen molar-refractivity contribution in [2.45, 2.75) is 57.8 Å². The van der Waals surface area contributed by atoms with Gasteiger partial charge >= 0.3 is 0 Å². The van der Waals surface area contributed by atoms with Crippen LogP contribution in [0.1, 0.15) is 56.6 Å². The van der Waals surface area contributed by atoms with Crippen LogP contribution in [-0.2, 0) is 6.42 Å². The van der Waals surface area contributed by atoms with Gasteiger partial charge in [0.15, 0.2) is 0 Å². The number of hydrogen-bond acceptors (Lipinski definition) is 1. The van der Waals surface area contributed by atoms with Crippen molar-refractivity contribution in [2.75, 3.05) is 0 Å². The molecule has 22 heavy (non-hydrogen) atoms. The molecule has 0 bridgehead atoms. The summed E-state index contributed by atoms with van der Waals surface area (Å²) in [5.41, 5.74) is 1.71. The van der Waals surface area contributed by atoms with Crippen LogP contribution in [0.15, 0.2) is 18.2 Å². The predicted molar refractivity (Wildman–Crippen MR) is 82.2 cm³/mol. The summed E-state index contributed by atoms with van der Waals surface area (Å²) in [5.74, 6) is -1.19. The molecule has 3 aliphatic rings. The third-order valence-electron chi connectivity index (χ3n) is 6.99. The van der Waals surface area contributed by atoms with Crippen molar-refractivity contribution in [3.63, 3.8) is 0 Å². The molecule has 3 heteroatoms. The third-order valence-corrected chi connectivity index (χ3v) is 6.99. The molecule has 1 nitrogen and oxygen atoms in total. The SMILES string of the molecule is CC1CC(F)(F)[C@@]2(C)CCC3c4ccc(O)cc4CC[C@H]3C12. The molecule has 5 atom stereocenters. The van der Waals surface area contributed by atoms with Crippen LogP contribution in [0.5, 0.6) is 5.75 Å². The molecule has 1 aromatic carbocycles. The van der Waals surface area contributed by atoms with E-state index >= 15 is 0 Å². The minimum Gasteiger partial charge on any atom is -0.508 e. The number of phenolic OH excluding ortho intramolecular Hbond substituents is 1. The van der Waals surface area contributed by atoms with E-state index < -0.39 is 11.3 Å². The smallest absolute Gasteiger partial charge is 0.253 e. The number of alkyl halides is 2. The summed E-state index contributed by atoms with van der Waals surface area (Å²) >= 11 is 0. The summed E-state index contributed by atoms with van der Waals surface area (Å²) < 4.78 is 29.2. The predicted octanol–water partition coefficient (Wildman–Crippen LogP) is 5.13. The van der Waals surface area contributed by atoms with Gasteiger partial charge in [-0.15, -0.1) is 0 Å². The van der Waals surface area contributed by atoms with Gasteiger partial charge in [-0.25, -0.2) is 8.78 Å². The molecule has 1 N–H and O–H groups in total. The van der Waals surface area contributed by atoms with Gasteiger partial charge < -0.3 is 5.11 Å². The standard InChI is InChI=1S/C19H24F2O/c1-11-10-19(20,21)18(2)8-7-15-14-6-4-13(22)9-12(14)3-5-16(15)17(11)18/h4,6,9,11,15-17,22H,3,5,7-8,10H2,1-2H3/t11?,15?,16-,17?,18+/m1/s1. The van der Waals surface area contributed by atoms with Crippen molar-refractivity contribution in [2.24, 2.45) is 23.2 Å². The van der Waals surface area contributed by atoms with Gasteiger partial charge in [0.1, 0.15) is 5.75 Å². The highest BCUT2D eigenvalue weighted by molar-refractivity contribution is 5.40. The summed E-state index contributed by atoms with van der Waals surface area (Å²) in [6, 6.07) is 5.65. The van der Waals surface area contributed by atoms with Gasteiger partial charge in [0.25, 0.3) is 5.92 Å². The minimum atomic E-state index is -2.52. The Hall–Kier alpha value is -1.12. The highest BCUT2D eigenvalue weighted by Crippen LogP contribution is 2.67. The van der Waals surface area contributed by atoms with Gasteiger partial charge in [0, 0.05) is 11.8 Å². The Kier molecular flexibility index (Phi) is 2.93. The first-order chi connectivity index (χ1) is 10.3. The lowest BCUT2D eigenvalue weighted by molar-refractivity contribution is -0.133. The lowest BCUT2D eigenvalue weighted by Crippen LogP contribution is -2.47. The van der Waals surface area contributed by atoms with Crippen molar-refractivity contribution < 1.29 is 13.9 Å². The van der Waals surface area contributed by atoms with E-state index in [1.165, 1.54) is 11.1 Å². The monoisotopic (exact) mass is 306 g/mol. The number of fused-ring (bicyclic) bond motifs is 5. The quantitative estimate of drug-likeness (QED) is 0.704. The number of aryl methyl sites for hydroxylation is 1. The van der Waals surface area contributed by atoms with Gasteiger partial charge in [0.05, 0.1) is 0 Å². The normalized spacial score (nSPS) is 42.4. The van der Waals surface area contributed by atoms with Crippen molar-refractivity contribution in [1.29, 1.82) is 0 Å². The molecule has 0 radical (unpaired) electrons. The molecule has 3 aliphatic carbocycles. The van der Waals surface area contributed by atoms with Crippen molar-refractivity contribution in [3.05, 3.63) is 29.3 Å². The van der Waals surface area contributed by atoms with E-state index in [2.05, 4.69) is 0 Å². The van der Waals surface area contributed by atoms with Gasteiger partial charge in [0.2, 0.25) is 0 Å². The van der Waals surface area contributed by atoms with Crippen LogP contribution in [-0.4, -0.2) is 11.0 Å². The average molecular weight is 306 g/mol. The fourth-order valence-electron chi connectivity index (χ4n) is 6.06. The highest BCUT2D eigenvalue weighted by atomic mass is 19.3. The summed E-state index contributed by atoms with van der Waals surface area (Å²) in [4.78, 5) is 0. The van der Waals surface area contributed by atoms with Gasteiger partial charge in [-0.05, 0) is 72.6 Å². The first-order valence-corrected chi connectivity index (χ1v) is 8.53. The molecule has 120 valence electrons. The van der Waals surface area contributed by atoms with Crippen LogP contribution in [0.2, 0.25) is 0 Å². The number of benzene rings is 1. The Morgan fingerprint density at radius 3 is 2.77 bits per heavy atom. The van der Waals surface area contributed by atoms with E-state index in [-0.39, 0.29) is 18.3 Å². The molecule has 0 heterocycles. The fourth-order valence-corrected chi connectivity index (χ4v) is 6.06. The Balaban J connectivity index is 1.75.